The largest absolute Gasteiger partial charge is 0.466 e. The summed E-state index contributed by atoms with van der Waals surface area (Å²) < 4.78 is 7.89. The first-order valence-electron chi connectivity index (χ1n) is 11.7. The van der Waals surface area contributed by atoms with E-state index in [2.05, 4.69) is 93.4 Å². The first-order chi connectivity index (χ1) is 15.7. The van der Waals surface area contributed by atoms with Gasteiger partial charge in [0.15, 0.2) is 0 Å². The molecule has 4 nitrogen and oxygen atoms in total. The van der Waals surface area contributed by atoms with E-state index in [0.29, 0.717) is 0 Å². The Labute approximate surface area is 198 Å². The maximum atomic E-state index is 6.80. The molecule has 3 aliphatic heterocycles. The highest BCUT2D eigenvalue weighted by atomic mass is 79.9. The molecule has 1 spiro atoms. The van der Waals surface area contributed by atoms with E-state index in [4.69, 9.17) is 9.84 Å². The second-order valence-corrected chi connectivity index (χ2v) is 10.1. The monoisotopic (exact) mass is 489 g/mol. The summed E-state index contributed by atoms with van der Waals surface area (Å²) >= 11 is 3.67. The molecule has 3 aromatic rings. The Kier molecular flexibility index (Phi) is 4.99. The van der Waals surface area contributed by atoms with E-state index in [1.54, 1.807) is 0 Å². The Morgan fingerprint density at radius 2 is 1.88 bits per heavy atom. The van der Waals surface area contributed by atoms with Crippen molar-refractivity contribution in [2.24, 2.45) is 5.10 Å². The zero-order valence-electron chi connectivity index (χ0n) is 18.4. The number of piperidine rings is 1. The molecule has 0 unspecified atom stereocenters. The Morgan fingerprint density at radius 3 is 2.72 bits per heavy atom. The van der Waals surface area contributed by atoms with Crippen molar-refractivity contribution in [3.8, 4) is 5.75 Å². The maximum absolute atomic E-state index is 6.80. The molecule has 1 saturated heterocycles. The van der Waals surface area contributed by atoms with Gasteiger partial charge in [0.1, 0.15) is 5.75 Å². The van der Waals surface area contributed by atoms with Gasteiger partial charge in [-0.1, -0.05) is 65.3 Å². The van der Waals surface area contributed by atoms with E-state index in [9.17, 15) is 0 Å². The molecular weight excluding hydrogens is 462 g/mol. The van der Waals surface area contributed by atoms with E-state index in [-0.39, 0.29) is 11.8 Å². The minimum Gasteiger partial charge on any atom is -0.466 e. The summed E-state index contributed by atoms with van der Waals surface area (Å²) in [4.78, 5) is 2.56. The Hall–Kier alpha value is -2.37. The predicted molar refractivity (Wildman–Crippen MR) is 133 cm³/mol. The van der Waals surface area contributed by atoms with Gasteiger partial charge < -0.3 is 9.64 Å². The molecule has 3 aliphatic rings. The van der Waals surface area contributed by atoms with Gasteiger partial charge in [-0.3, -0.25) is 0 Å². The predicted octanol–water partition coefficient (Wildman–Crippen LogP) is 6.35. The maximum Gasteiger partial charge on any atom is 0.200 e. The van der Waals surface area contributed by atoms with E-state index in [0.717, 1.165) is 49.1 Å². The van der Waals surface area contributed by atoms with Crippen LogP contribution in [-0.4, -0.2) is 41.0 Å². The molecule has 32 heavy (non-hydrogen) atoms. The molecule has 164 valence electrons. The summed E-state index contributed by atoms with van der Waals surface area (Å²) in [5, 5.41) is 10.2. The van der Waals surface area contributed by atoms with Gasteiger partial charge in [0.25, 0.3) is 0 Å². The number of benzene rings is 3. The number of halogens is 1. The van der Waals surface area contributed by atoms with Crippen molar-refractivity contribution in [3.63, 3.8) is 0 Å². The third-order valence-electron chi connectivity index (χ3n) is 7.24. The van der Waals surface area contributed by atoms with Crippen LogP contribution in [0.4, 0.5) is 0 Å². The van der Waals surface area contributed by atoms with Crippen LogP contribution in [0.25, 0.3) is 10.8 Å². The van der Waals surface area contributed by atoms with Crippen LogP contribution in [-0.2, 0) is 0 Å². The topological polar surface area (TPSA) is 28.1 Å². The molecule has 3 heterocycles. The van der Waals surface area contributed by atoms with Crippen LogP contribution in [0.5, 0.6) is 5.75 Å². The molecular formula is C27H28BrN3O. The average molecular weight is 490 g/mol. The van der Waals surface area contributed by atoms with E-state index >= 15 is 0 Å². The van der Waals surface area contributed by atoms with Crippen LogP contribution in [0, 0.1) is 0 Å². The molecule has 0 N–H and O–H groups in total. The minimum absolute atomic E-state index is 0.211. The highest BCUT2D eigenvalue weighted by molar-refractivity contribution is 9.10. The number of nitrogens with zero attached hydrogens (tertiary/aromatic N) is 3. The lowest BCUT2D eigenvalue weighted by atomic mass is 9.90. The number of likely N-dealkylation sites (tertiary alicyclic amines) is 1. The normalized spacial score (nSPS) is 21.9. The van der Waals surface area contributed by atoms with Crippen molar-refractivity contribution in [2.45, 2.75) is 44.4 Å². The van der Waals surface area contributed by atoms with Crippen LogP contribution in [0.3, 0.4) is 0 Å². The number of ether oxygens (including phenoxy) is 1. The zero-order chi connectivity index (χ0) is 21.7. The van der Waals surface area contributed by atoms with Gasteiger partial charge in [0.2, 0.25) is 5.72 Å². The van der Waals surface area contributed by atoms with Crippen LogP contribution in [0.1, 0.15) is 49.8 Å². The molecule has 6 rings (SSSR count). The fraction of sp³-hybridized carbons (Fsp3) is 0.370. The van der Waals surface area contributed by atoms with Gasteiger partial charge in [-0.25, -0.2) is 5.01 Å². The lowest BCUT2D eigenvalue weighted by Gasteiger charge is -2.51. The molecule has 0 saturated carbocycles. The third-order valence-corrected chi connectivity index (χ3v) is 7.73. The SMILES string of the molecule is CCCN1CCC2(CC1)Oc1ccc(Br)cc1[C@@H]1CC(c3cccc4ccccc34)=NN12. The first kappa shape index (κ1) is 20.3. The molecule has 0 aromatic heterocycles. The Balaban J connectivity index is 1.43. The molecule has 0 amide bonds. The van der Waals surface area contributed by atoms with Gasteiger partial charge in [-0.05, 0) is 41.9 Å². The van der Waals surface area contributed by atoms with Gasteiger partial charge >= 0.3 is 0 Å². The number of hydrogen-bond donors (Lipinski definition) is 0. The van der Waals surface area contributed by atoms with Gasteiger partial charge in [0, 0.05) is 48.0 Å². The summed E-state index contributed by atoms with van der Waals surface area (Å²) in [7, 11) is 0. The smallest absolute Gasteiger partial charge is 0.200 e. The number of rotatable bonds is 3. The van der Waals surface area contributed by atoms with Crippen molar-refractivity contribution in [2.75, 3.05) is 19.6 Å². The lowest BCUT2D eigenvalue weighted by Crippen LogP contribution is -2.59. The Bertz CT molecular complexity index is 1190. The van der Waals surface area contributed by atoms with Crippen LogP contribution >= 0.6 is 15.9 Å². The van der Waals surface area contributed by atoms with Crippen LogP contribution < -0.4 is 4.74 Å². The molecule has 1 atom stereocenters. The standard InChI is InChI=1S/C27H28BrN3O/c1-2-14-30-15-12-27(13-16-30)31-25(23-17-20(28)10-11-26(23)32-27)18-24(29-31)22-9-5-7-19-6-3-4-8-21(19)22/h3-11,17,25H,2,12-16,18H2,1H3/t25-/m0/s1. The number of hydrogen-bond acceptors (Lipinski definition) is 4. The molecule has 3 aromatic carbocycles. The minimum atomic E-state index is -0.359. The summed E-state index contributed by atoms with van der Waals surface area (Å²) in [5.41, 5.74) is 3.29. The average Bonchev–Trinajstić information content (AvgIpc) is 3.28. The number of hydrazone groups is 1. The number of fused-ring (bicyclic) bond motifs is 5. The van der Waals surface area contributed by atoms with Crippen molar-refractivity contribution in [3.05, 3.63) is 76.3 Å². The van der Waals surface area contributed by atoms with E-state index < -0.39 is 0 Å². The van der Waals surface area contributed by atoms with Crippen molar-refractivity contribution in [1.82, 2.24) is 9.91 Å². The van der Waals surface area contributed by atoms with Gasteiger partial charge in [-0.15, -0.1) is 0 Å². The second-order valence-electron chi connectivity index (χ2n) is 9.21. The molecule has 0 radical (unpaired) electrons. The Morgan fingerprint density at radius 1 is 1.06 bits per heavy atom. The van der Waals surface area contributed by atoms with Gasteiger partial charge in [-0.2, -0.15) is 5.10 Å². The van der Waals surface area contributed by atoms with Crippen molar-refractivity contribution < 1.29 is 4.74 Å². The highest BCUT2D eigenvalue weighted by Crippen LogP contribution is 2.50. The molecule has 5 heteroatoms. The first-order valence-corrected chi connectivity index (χ1v) is 12.5. The third kappa shape index (κ3) is 3.25. The molecule has 0 bridgehead atoms. The van der Waals surface area contributed by atoms with Gasteiger partial charge in [0.05, 0.1) is 11.8 Å². The zero-order valence-corrected chi connectivity index (χ0v) is 20.0. The van der Waals surface area contributed by atoms with E-state index in [1.807, 2.05) is 0 Å². The van der Waals surface area contributed by atoms with E-state index in [1.165, 1.54) is 34.0 Å². The fourth-order valence-corrected chi connectivity index (χ4v) is 6.04. The quantitative estimate of drug-likeness (QED) is 0.429. The lowest BCUT2D eigenvalue weighted by molar-refractivity contribution is -0.149. The summed E-state index contributed by atoms with van der Waals surface area (Å²) in [5.74, 6) is 1.02. The second kappa shape index (κ2) is 7.89. The van der Waals surface area contributed by atoms with Crippen LogP contribution in [0.2, 0.25) is 0 Å². The van der Waals surface area contributed by atoms with Crippen LogP contribution in [0.15, 0.2) is 70.2 Å². The summed E-state index contributed by atoms with van der Waals surface area (Å²) in [6.07, 6.45) is 4.05. The molecule has 1 fully saturated rings. The van der Waals surface area contributed by atoms with Crippen molar-refractivity contribution >= 4 is 32.4 Å². The fourth-order valence-electron chi connectivity index (χ4n) is 5.67. The summed E-state index contributed by atoms with van der Waals surface area (Å²) in [6, 6.07) is 21.8. The summed E-state index contributed by atoms with van der Waals surface area (Å²) in [6.45, 7) is 5.53. The van der Waals surface area contributed by atoms with Crippen molar-refractivity contribution in [1.29, 1.82) is 0 Å². The highest BCUT2D eigenvalue weighted by Gasteiger charge is 2.51. The molecule has 0 aliphatic carbocycles.